The van der Waals surface area contributed by atoms with Crippen molar-refractivity contribution < 1.29 is 8.42 Å². The first kappa shape index (κ1) is 14.1. The van der Waals surface area contributed by atoms with E-state index in [2.05, 4.69) is 4.98 Å². The molecule has 1 aromatic rings. The smallest absolute Gasteiger partial charge is 0.244 e. The van der Waals surface area contributed by atoms with E-state index in [1.807, 2.05) is 6.07 Å². The molecule has 6 nitrogen and oxygen atoms in total. The molecule has 2 rings (SSSR count). The first-order chi connectivity index (χ1) is 8.96. The van der Waals surface area contributed by atoms with Gasteiger partial charge in [0.2, 0.25) is 10.0 Å². The predicted octanol–water partition coefficient (Wildman–Crippen LogP) is 1.38. The van der Waals surface area contributed by atoms with E-state index in [0.29, 0.717) is 0 Å². The van der Waals surface area contributed by atoms with Crippen molar-refractivity contribution in [3.05, 3.63) is 17.3 Å². The molecular formula is C11H13ClN4O2S. The number of hydrogen-bond donors (Lipinski definition) is 1. The lowest BCUT2D eigenvalue weighted by Gasteiger charge is -2.20. The molecule has 0 spiro atoms. The normalized spacial score (nSPS) is 15.4. The van der Waals surface area contributed by atoms with E-state index in [0.717, 1.165) is 12.8 Å². The van der Waals surface area contributed by atoms with Crippen LogP contribution >= 0.6 is 11.6 Å². The topological polar surface area (TPSA) is 100 Å². The summed E-state index contributed by atoms with van der Waals surface area (Å²) in [6.45, 7) is 0.186. The molecule has 0 saturated heterocycles. The fraction of sp³-hybridized carbons (Fsp3) is 0.455. The summed E-state index contributed by atoms with van der Waals surface area (Å²) < 4.78 is 26.3. The molecule has 1 aromatic heterocycles. The minimum absolute atomic E-state index is 0.0107. The molecule has 0 atom stereocenters. The Kier molecular flexibility index (Phi) is 3.94. The van der Waals surface area contributed by atoms with Gasteiger partial charge in [-0.2, -0.15) is 9.57 Å². The summed E-state index contributed by atoms with van der Waals surface area (Å²) in [5.41, 5.74) is 5.47. The third kappa shape index (κ3) is 2.97. The van der Waals surface area contributed by atoms with Crippen LogP contribution in [0.25, 0.3) is 0 Å². The predicted molar refractivity (Wildman–Crippen MR) is 70.8 cm³/mol. The minimum Gasteiger partial charge on any atom is -0.382 e. The number of anilines is 1. The van der Waals surface area contributed by atoms with Crippen LogP contribution in [-0.2, 0) is 10.0 Å². The number of rotatable bonds is 5. The van der Waals surface area contributed by atoms with Crippen LogP contribution < -0.4 is 5.73 Å². The van der Waals surface area contributed by atoms with E-state index >= 15 is 0 Å². The maximum atomic E-state index is 12.5. The summed E-state index contributed by atoms with van der Waals surface area (Å²) in [5.74, 6) is 0.0932. The Morgan fingerprint density at radius 1 is 1.58 bits per heavy atom. The van der Waals surface area contributed by atoms with Crippen molar-refractivity contribution in [2.75, 3.05) is 12.3 Å². The highest BCUT2D eigenvalue weighted by atomic mass is 35.5. The van der Waals surface area contributed by atoms with Gasteiger partial charge in [-0.3, -0.25) is 0 Å². The van der Waals surface area contributed by atoms with E-state index in [-0.39, 0.29) is 34.7 Å². The molecule has 1 saturated carbocycles. The Bertz CT molecular complexity index is 622. The number of sulfonamides is 1. The number of nitrogens with zero attached hydrogens (tertiary/aromatic N) is 3. The second kappa shape index (κ2) is 5.33. The molecule has 2 N–H and O–H groups in total. The van der Waals surface area contributed by atoms with Gasteiger partial charge in [0.15, 0.2) is 0 Å². The first-order valence-corrected chi connectivity index (χ1v) is 7.58. The van der Waals surface area contributed by atoms with Gasteiger partial charge in [-0.25, -0.2) is 13.4 Å². The average Bonchev–Trinajstić information content (AvgIpc) is 3.17. The Labute approximate surface area is 116 Å². The van der Waals surface area contributed by atoms with Crippen LogP contribution in [0.3, 0.4) is 0 Å². The number of nitrogen functional groups attached to an aromatic ring is 1. The largest absolute Gasteiger partial charge is 0.382 e. The van der Waals surface area contributed by atoms with Gasteiger partial charge < -0.3 is 5.73 Å². The van der Waals surface area contributed by atoms with Crippen molar-refractivity contribution in [1.29, 1.82) is 5.26 Å². The van der Waals surface area contributed by atoms with Crippen LogP contribution in [-0.4, -0.2) is 30.3 Å². The van der Waals surface area contributed by atoms with E-state index in [9.17, 15) is 8.42 Å². The second-order valence-corrected chi connectivity index (χ2v) is 6.59. The fourth-order valence-electron chi connectivity index (χ4n) is 1.73. The summed E-state index contributed by atoms with van der Waals surface area (Å²) >= 11 is 5.80. The maximum absolute atomic E-state index is 12.5. The van der Waals surface area contributed by atoms with Gasteiger partial charge in [0.1, 0.15) is 10.7 Å². The number of pyridine rings is 1. The standard InChI is InChI=1S/C11H13ClN4O2S/c12-10-6-9(7-15-11(10)14)19(17,18)16(5-1-4-13)8-2-3-8/h6-8H,1-3,5H2,(H2,14,15). The van der Waals surface area contributed by atoms with Crippen LogP contribution in [0, 0.1) is 11.3 Å². The third-order valence-electron chi connectivity index (χ3n) is 2.85. The number of nitrogens with two attached hydrogens (primary N) is 1. The Morgan fingerprint density at radius 2 is 2.26 bits per heavy atom. The molecule has 0 amide bonds. The summed E-state index contributed by atoms with van der Waals surface area (Å²) in [7, 11) is -3.67. The average molecular weight is 301 g/mol. The maximum Gasteiger partial charge on any atom is 0.244 e. The van der Waals surface area contributed by atoms with Crippen molar-refractivity contribution >= 4 is 27.4 Å². The molecule has 19 heavy (non-hydrogen) atoms. The Morgan fingerprint density at radius 3 is 2.79 bits per heavy atom. The number of aromatic nitrogens is 1. The highest BCUT2D eigenvalue weighted by Crippen LogP contribution is 2.33. The number of halogens is 1. The summed E-state index contributed by atoms with van der Waals surface area (Å²) in [6, 6.07) is 3.23. The Hall–Kier alpha value is -1.36. The van der Waals surface area contributed by atoms with Crippen LogP contribution in [0.2, 0.25) is 5.02 Å². The van der Waals surface area contributed by atoms with Gasteiger partial charge in [-0.1, -0.05) is 11.6 Å². The van der Waals surface area contributed by atoms with Gasteiger partial charge in [0.05, 0.1) is 11.1 Å². The van der Waals surface area contributed by atoms with Gasteiger partial charge in [-0.05, 0) is 18.9 Å². The van der Waals surface area contributed by atoms with E-state index in [1.54, 1.807) is 0 Å². The molecule has 0 aliphatic heterocycles. The number of hydrogen-bond acceptors (Lipinski definition) is 5. The molecule has 0 bridgehead atoms. The zero-order chi connectivity index (χ0) is 14.0. The summed E-state index contributed by atoms with van der Waals surface area (Å²) in [5, 5.41) is 8.72. The lowest BCUT2D eigenvalue weighted by Crippen LogP contribution is -2.34. The molecule has 0 aromatic carbocycles. The van der Waals surface area contributed by atoms with Gasteiger partial charge in [-0.15, -0.1) is 0 Å². The Balaban J connectivity index is 2.33. The SMILES string of the molecule is N#CCCN(C1CC1)S(=O)(=O)c1cnc(N)c(Cl)c1. The molecule has 1 aliphatic rings. The van der Waals surface area contributed by atoms with Crippen molar-refractivity contribution in [3.8, 4) is 6.07 Å². The lowest BCUT2D eigenvalue weighted by molar-refractivity contribution is 0.410. The molecule has 1 aliphatic carbocycles. The van der Waals surface area contributed by atoms with Crippen LogP contribution in [0.5, 0.6) is 0 Å². The van der Waals surface area contributed by atoms with Crippen LogP contribution in [0.4, 0.5) is 5.82 Å². The zero-order valence-corrected chi connectivity index (χ0v) is 11.7. The molecule has 102 valence electrons. The molecule has 0 radical (unpaired) electrons. The monoisotopic (exact) mass is 300 g/mol. The van der Waals surface area contributed by atoms with Gasteiger partial charge in [0.25, 0.3) is 0 Å². The van der Waals surface area contributed by atoms with Gasteiger partial charge in [0, 0.05) is 25.2 Å². The van der Waals surface area contributed by atoms with Crippen LogP contribution in [0.1, 0.15) is 19.3 Å². The lowest BCUT2D eigenvalue weighted by atomic mass is 10.4. The number of nitriles is 1. The zero-order valence-electron chi connectivity index (χ0n) is 10.1. The van der Waals surface area contributed by atoms with Crippen molar-refractivity contribution in [2.24, 2.45) is 0 Å². The summed E-state index contributed by atoms with van der Waals surface area (Å²) in [6.07, 6.45) is 2.99. The van der Waals surface area contributed by atoms with Gasteiger partial charge >= 0.3 is 0 Å². The van der Waals surface area contributed by atoms with Crippen molar-refractivity contribution in [1.82, 2.24) is 9.29 Å². The van der Waals surface area contributed by atoms with Crippen molar-refractivity contribution in [3.63, 3.8) is 0 Å². The van der Waals surface area contributed by atoms with E-state index in [1.165, 1.54) is 16.6 Å². The third-order valence-corrected chi connectivity index (χ3v) is 5.07. The molecule has 0 unspecified atom stereocenters. The van der Waals surface area contributed by atoms with Crippen LogP contribution in [0.15, 0.2) is 17.2 Å². The quantitative estimate of drug-likeness (QED) is 0.885. The van der Waals surface area contributed by atoms with E-state index in [4.69, 9.17) is 22.6 Å². The molecular weight excluding hydrogens is 288 g/mol. The molecule has 1 fully saturated rings. The van der Waals surface area contributed by atoms with Crippen molar-refractivity contribution in [2.45, 2.75) is 30.2 Å². The minimum atomic E-state index is -3.67. The molecule has 8 heteroatoms. The highest BCUT2D eigenvalue weighted by Gasteiger charge is 2.38. The molecule has 1 heterocycles. The first-order valence-electron chi connectivity index (χ1n) is 5.76. The second-order valence-electron chi connectivity index (χ2n) is 4.29. The van der Waals surface area contributed by atoms with E-state index < -0.39 is 10.0 Å². The fourth-order valence-corrected chi connectivity index (χ4v) is 3.62. The summed E-state index contributed by atoms with van der Waals surface area (Å²) in [4.78, 5) is 3.77. The highest BCUT2D eigenvalue weighted by molar-refractivity contribution is 7.89.